The molecule has 1 aliphatic rings. The summed E-state index contributed by atoms with van der Waals surface area (Å²) in [7, 11) is 0. The first-order valence-electron chi connectivity index (χ1n) is 14.3. The Morgan fingerprint density at radius 1 is 0.771 bits per heavy atom. The zero-order valence-electron chi connectivity index (χ0n) is 22.5. The van der Waals surface area contributed by atoms with Crippen molar-refractivity contribution in [3.8, 4) is 16.9 Å². The summed E-state index contributed by atoms with van der Waals surface area (Å²) in [5.74, 6) is 2.27. The molecule has 0 aromatic heterocycles. The Balaban J connectivity index is 1.36. The maximum Gasteiger partial charge on any atom is 0.183 e. The molecule has 1 saturated heterocycles. The molecule has 2 aromatic carbocycles. The predicted molar refractivity (Wildman–Crippen MR) is 147 cm³/mol. The first-order chi connectivity index (χ1) is 17.2. The van der Waals surface area contributed by atoms with Gasteiger partial charge in [-0.3, -0.25) is 0 Å². The highest BCUT2D eigenvalue weighted by molar-refractivity contribution is 5.64. The summed E-state index contributed by atoms with van der Waals surface area (Å²) in [5.41, 5.74) is 3.50. The molecule has 2 aromatic rings. The van der Waals surface area contributed by atoms with Crippen molar-refractivity contribution in [3.05, 3.63) is 54.1 Å². The van der Waals surface area contributed by atoms with Crippen molar-refractivity contribution in [2.45, 2.75) is 97.7 Å². The molecule has 0 bridgehead atoms. The van der Waals surface area contributed by atoms with Gasteiger partial charge in [-0.2, -0.15) is 0 Å². The molecule has 0 amide bonds. The van der Waals surface area contributed by atoms with Gasteiger partial charge in [0.25, 0.3) is 0 Å². The van der Waals surface area contributed by atoms with E-state index in [2.05, 4.69) is 69.3 Å². The van der Waals surface area contributed by atoms with Crippen LogP contribution in [0.2, 0.25) is 0 Å². The van der Waals surface area contributed by atoms with Crippen LogP contribution in [0.15, 0.2) is 48.5 Å². The second kappa shape index (κ2) is 16.0. The second-order valence-corrected chi connectivity index (χ2v) is 10.4. The highest BCUT2D eigenvalue weighted by Gasteiger charge is 2.23. The van der Waals surface area contributed by atoms with Crippen molar-refractivity contribution in [2.75, 3.05) is 19.8 Å². The van der Waals surface area contributed by atoms with Crippen LogP contribution < -0.4 is 4.74 Å². The van der Waals surface area contributed by atoms with Crippen LogP contribution >= 0.6 is 0 Å². The lowest BCUT2D eigenvalue weighted by atomic mass is 9.96. The van der Waals surface area contributed by atoms with Crippen LogP contribution in [0.1, 0.15) is 103 Å². The Morgan fingerprint density at radius 2 is 1.34 bits per heavy atom. The summed E-state index contributed by atoms with van der Waals surface area (Å²) in [6, 6.07) is 17.0. The van der Waals surface area contributed by atoms with Crippen molar-refractivity contribution in [2.24, 2.45) is 11.8 Å². The molecule has 0 saturated carbocycles. The monoisotopic (exact) mass is 480 g/mol. The van der Waals surface area contributed by atoms with Gasteiger partial charge < -0.3 is 14.2 Å². The van der Waals surface area contributed by atoms with Crippen molar-refractivity contribution in [1.29, 1.82) is 0 Å². The third-order valence-electron chi connectivity index (χ3n) is 7.37. The molecule has 1 aliphatic heterocycles. The summed E-state index contributed by atoms with van der Waals surface area (Å²) in [6.45, 7) is 9.26. The zero-order chi connectivity index (χ0) is 24.7. The van der Waals surface area contributed by atoms with Crippen LogP contribution in [0.25, 0.3) is 11.1 Å². The number of hydrogen-bond acceptors (Lipinski definition) is 3. The molecule has 194 valence electrons. The summed E-state index contributed by atoms with van der Waals surface area (Å²) in [5, 5.41) is 0. The molecule has 3 nitrogen and oxygen atoms in total. The van der Waals surface area contributed by atoms with Crippen LogP contribution in [0.3, 0.4) is 0 Å². The van der Waals surface area contributed by atoms with E-state index in [4.69, 9.17) is 14.2 Å². The van der Waals surface area contributed by atoms with Crippen molar-refractivity contribution < 1.29 is 14.2 Å². The number of benzene rings is 2. The Labute approximate surface area is 214 Å². The molecule has 3 rings (SSSR count). The molecule has 1 fully saturated rings. The Hall–Kier alpha value is -1.84. The minimum absolute atomic E-state index is 0.240. The van der Waals surface area contributed by atoms with E-state index in [1.54, 1.807) is 0 Å². The van der Waals surface area contributed by atoms with Gasteiger partial charge in [-0.1, -0.05) is 115 Å². The molecule has 0 radical (unpaired) electrons. The van der Waals surface area contributed by atoms with Crippen LogP contribution in [0.5, 0.6) is 5.75 Å². The second-order valence-electron chi connectivity index (χ2n) is 10.4. The molecular weight excluding hydrogens is 432 g/mol. The molecule has 0 spiro atoms. The molecular formula is C32H48O3. The van der Waals surface area contributed by atoms with Gasteiger partial charge in [-0.05, 0) is 42.0 Å². The molecule has 1 atom stereocenters. The average molecular weight is 481 g/mol. The third kappa shape index (κ3) is 9.97. The molecule has 0 aliphatic carbocycles. The quantitative estimate of drug-likeness (QED) is 0.224. The van der Waals surface area contributed by atoms with Crippen LogP contribution in [0.4, 0.5) is 0 Å². The summed E-state index contributed by atoms with van der Waals surface area (Å²) < 4.78 is 18.1. The molecule has 1 heterocycles. The van der Waals surface area contributed by atoms with E-state index in [0.29, 0.717) is 5.92 Å². The lowest BCUT2D eigenvalue weighted by Gasteiger charge is -2.30. The average Bonchev–Trinajstić information content (AvgIpc) is 2.91. The zero-order valence-corrected chi connectivity index (χ0v) is 22.5. The van der Waals surface area contributed by atoms with E-state index in [1.165, 1.54) is 75.3 Å². The van der Waals surface area contributed by atoms with E-state index >= 15 is 0 Å². The molecule has 0 unspecified atom stereocenters. The molecule has 0 N–H and O–H groups in total. The highest BCUT2D eigenvalue weighted by Crippen LogP contribution is 2.30. The smallest absolute Gasteiger partial charge is 0.183 e. The van der Waals surface area contributed by atoms with Gasteiger partial charge in [0.05, 0.1) is 19.8 Å². The fourth-order valence-corrected chi connectivity index (χ4v) is 4.63. The van der Waals surface area contributed by atoms with Gasteiger partial charge in [0.15, 0.2) is 6.29 Å². The number of unbranched alkanes of at least 4 members (excludes halogenated alkanes) is 7. The van der Waals surface area contributed by atoms with Crippen molar-refractivity contribution in [3.63, 3.8) is 0 Å². The van der Waals surface area contributed by atoms with Gasteiger partial charge in [0.2, 0.25) is 0 Å². The van der Waals surface area contributed by atoms with Gasteiger partial charge in [-0.15, -0.1) is 0 Å². The fraction of sp³-hybridized carbons (Fsp3) is 0.625. The maximum absolute atomic E-state index is 6.05. The van der Waals surface area contributed by atoms with Crippen molar-refractivity contribution in [1.82, 2.24) is 0 Å². The van der Waals surface area contributed by atoms with E-state index < -0.39 is 0 Å². The highest BCUT2D eigenvalue weighted by atomic mass is 16.7. The van der Waals surface area contributed by atoms with Crippen LogP contribution in [-0.2, 0) is 9.47 Å². The predicted octanol–water partition coefficient (Wildman–Crippen LogP) is 9.36. The SMILES string of the molecule is CCCCCCCCCCOc1ccc(-c2ccc(C3OCC(CC[C@@H](C)CC)CO3)cc2)cc1. The Bertz CT molecular complexity index is 791. The third-order valence-corrected chi connectivity index (χ3v) is 7.37. The fourth-order valence-electron chi connectivity index (χ4n) is 4.63. The minimum atomic E-state index is -0.240. The molecule has 3 heteroatoms. The summed E-state index contributed by atoms with van der Waals surface area (Å²) >= 11 is 0. The number of rotatable bonds is 16. The lowest BCUT2D eigenvalue weighted by molar-refractivity contribution is -0.206. The topological polar surface area (TPSA) is 27.7 Å². The van der Waals surface area contributed by atoms with Crippen LogP contribution in [0, 0.1) is 11.8 Å². The maximum atomic E-state index is 6.05. The van der Waals surface area contributed by atoms with Gasteiger partial charge in [0.1, 0.15) is 5.75 Å². The van der Waals surface area contributed by atoms with Gasteiger partial charge in [0, 0.05) is 11.5 Å². The van der Waals surface area contributed by atoms with E-state index in [1.807, 2.05) is 0 Å². The first-order valence-corrected chi connectivity index (χ1v) is 14.3. The van der Waals surface area contributed by atoms with Gasteiger partial charge in [-0.25, -0.2) is 0 Å². The Morgan fingerprint density at radius 3 is 1.94 bits per heavy atom. The molecule has 35 heavy (non-hydrogen) atoms. The van der Waals surface area contributed by atoms with Crippen molar-refractivity contribution >= 4 is 0 Å². The normalized spacial score (nSPS) is 18.9. The van der Waals surface area contributed by atoms with E-state index in [-0.39, 0.29) is 6.29 Å². The number of ether oxygens (including phenoxy) is 3. The van der Waals surface area contributed by atoms with Crippen LogP contribution in [-0.4, -0.2) is 19.8 Å². The Kier molecular flexibility index (Phi) is 12.7. The minimum Gasteiger partial charge on any atom is -0.494 e. The standard InChI is InChI=1S/C32H48O3/c1-4-6-7-8-9-10-11-12-23-33-31-21-19-29(20-22-31)28-15-17-30(18-16-28)32-34-24-27(25-35-32)14-13-26(3)5-2/h15-22,26-27,32H,4-14,23-25H2,1-3H3/t26-,27?,32?/m0/s1. The largest absolute Gasteiger partial charge is 0.494 e. The van der Waals surface area contributed by atoms with Gasteiger partial charge >= 0.3 is 0 Å². The lowest BCUT2D eigenvalue weighted by Crippen LogP contribution is -2.27. The first kappa shape index (κ1) is 27.7. The summed E-state index contributed by atoms with van der Waals surface area (Å²) in [6.07, 6.45) is 14.0. The van der Waals surface area contributed by atoms with E-state index in [9.17, 15) is 0 Å². The number of hydrogen-bond donors (Lipinski definition) is 0. The van der Waals surface area contributed by atoms with E-state index in [0.717, 1.165) is 43.5 Å². The summed E-state index contributed by atoms with van der Waals surface area (Å²) in [4.78, 5) is 0.